The van der Waals surface area contributed by atoms with Crippen molar-refractivity contribution < 1.29 is 5.11 Å². The minimum absolute atomic E-state index is 0.166. The largest absolute Gasteiger partial charge is 0.389 e. The summed E-state index contributed by atoms with van der Waals surface area (Å²) in [6.45, 7) is 4.39. The zero-order valence-corrected chi connectivity index (χ0v) is 12.2. The molecule has 1 aromatic rings. The van der Waals surface area contributed by atoms with Gasteiger partial charge < -0.3 is 5.11 Å². The fourth-order valence-corrected chi connectivity index (χ4v) is 3.00. The normalized spacial score (nSPS) is 22.7. The van der Waals surface area contributed by atoms with Crippen molar-refractivity contribution >= 4 is 23.2 Å². The molecule has 0 fully saturated rings. The third-order valence-electron chi connectivity index (χ3n) is 3.31. The monoisotopic (exact) mass is 284 g/mol. The van der Waals surface area contributed by atoms with E-state index in [-0.39, 0.29) is 11.5 Å². The van der Waals surface area contributed by atoms with Crippen molar-refractivity contribution in [2.45, 2.75) is 39.2 Å². The lowest BCUT2D eigenvalue weighted by Crippen LogP contribution is -2.25. The van der Waals surface area contributed by atoms with Crippen LogP contribution in [-0.2, 0) is 6.42 Å². The van der Waals surface area contributed by atoms with Crippen molar-refractivity contribution in [2.24, 2.45) is 5.41 Å². The van der Waals surface area contributed by atoms with Crippen LogP contribution in [0.25, 0.3) is 0 Å². The number of halogens is 2. The van der Waals surface area contributed by atoms with E-state index in [1.807, 2.05) is 24.3 Å². The molecule has 1 N–H and O–H groups in total. The number of allylic oxidation sites excluding steroid dienone is 1. The SMILES string of the molecule is CC1(C)CC(Cc2ccc(Cl)c(Cl)c2)=CC(O)C1. The summed E-state index contributed by atoms with van der Waals surface area (Å²) in [5.74, 6) is 0. The summed E-state index contributed by atoms with van der Waals surface area (Å²) in [4.78, 5) is 0. The van der Waals surface area contributed by atoms with Gasteiger partial charge in [0, 0.05) is 0 Å². The van der Waals surface area contributed by atoms with E-state index in [0.717, 1.165) is 24.8 Å². The molecule has 0 aliphatic heterocycles. The van der Waals surface area contributed by atoms with Gasteiger partial charge >= 0.3 is 0 Å². The highest BCUT2D eigenvalue weighted by molar-refractivity contribution is 6.42. The number of benzene rings is 1. The number of hydrogen-bond acceptors (Lipinski definition) is 1. The van der Waals surface area contributed by atoms with Gasteiger partial charge in [-0.1, -0.05) is 54.8 Å². The topological polar surface area (TPSA) is 20.2 Å². The zero-order valence-electron chi connectivity index (χ0n) is 10.7. The first-order chi connectivity index (χ1) is 8.35. The van der Waals surface area contributed by atoms with Gasteiger partial charge in [-0.25, -0.2) is 0 Å². The second-order valence-corrected chi connectivity index (χ2v) is 6.68. The van der Waals surface area contributed by atoms with Gasteiger partial charge in [0.05, 0.1) is 16.1 Å². The van der Waals surface area contributed by atoms with Gasteiger partial charge in [0.15, 0.2) is 0 Å². The Bertz CT molecular complexity index is 477. The van der Waals surface area contributed by atoms with E-state index in [1.54, 1.807) is 0 Å². The van der Waals surface area contributed by atoms with E-state index >= 15 is 0 Å². The minimum atomic E-state index is -0.327. The molecule has 0 radical (unpaired) electrons. The molecule has 0 saturated carbocycles. The molecular formula is C15H18Cl2O. The van der Waals surface area contributed by atoms with Crippen LogP contribution in [0.15, 0.2) is 29.8 Å². The molecule has 1 aromatic carbocycles. The summed E-state index contributed by atoms with van der Waals surface area (Å²) in [7, 11) is 0. The smallest absolute Gasteiger partial charge is 0.0728 e. The van der Waals surface area contributed by atoms with Crippen LogP contribution in [-0.4, -0.2) is 11.2 Å². The third-order valence-corrected chi connectivity index (χ3v) is 4.05. The van der Waals surface area contributed by atoms with E-state index in [4.69, 9.17) is 23.2 Å². The van der Waals surface area contributed by atoms with Crippen molar-refractivity contribution in [1.82, 2.24) is 0 Å². The highest BCUT2D eigenvalue weighted by Gasteiger charge is 2.27. The van der Waals surface area contributed by atoms with Crippen LogP contribution < -0.4 is 0 Å². The van der Waals surface area contributed by atoms with Crippen molar-refractivity contribution in [1.29, 1.82) is 0 Å². The molecule has 1 aliphatic carbocycles. The number of rotatable bonds is 2. The molecule has 98 valence electrons. The van der Waals surface area contributed by atoms with Crippen molar-refractivity contribution in [3.05, 3.63) is 45.5 Å². The molecular weight excluding hydrogens is 267 g/mol. The Kier molecular flexibility index (Phi) is 4.05. The Balaban J connectivity index is 2.16. The molecule has 1 unspecified atom stereocenters. The van der Waals surface area contributed by atoms with Gasteiger partial charge in [-0.15, -0.1) is 0 Å². The first-order valence-electron chi connectivity index (χ1n) is 6.17. The lowest BCUT2D eigenvalue weighted by atomic mass is 9.75. The lowest BCUT2D eigenvalue weighted by molar-refractivity contribution is 0.138. The number of aliphatic hydroxyl groups is 1. The molecule has 0 heterocycles. The lowest BCUT2D eigenvalue weighted by Gasteiger charge is -2.32. The van der Waals surface area contributed by atoms with Gasteiger partial charge in [-0.2, -0.15) is 0 Å². The van der Waals surface area contributed by atoms with Crippen LogP contribution in [0, 0.1) is 5.41 Å². The Morgan fingerprint density at radius 2 is 2.00 bits per heavy atom. The average Bonchev–Trinajstić information content (AvgIpc) is 2.20. The van der Waals surface area contributed by atoms with Crippen LogP contribution in [0.2, 0.25) is 10.0 Å². The second-order valence-electron chi connectivity index (χ2n) is 5.86. The number of aliphatic hydroxyl groups excluding tert-OH is 1. The fraction of sp³-hybridized carbons (Fsp3) is 0.467. The van der Waals surface area contributed by atoms with Crippen LogP contribution >= 0.6 is 23.2 Å². The Labute approximate surface area is 118 Å². The van der Waals surface area contributed by atoms with Gasteiger partial charge in [-0.05, 0) is 42.4 Å². The molecule has 0 bridgehead atoms. The molecule has 2 rings (SSSR count). The van der Waals surface area contributed by atoms with Gasteiger partial charge in [0.2, 0.25) is 0 Å². The maximum atomic E-state index is 9.87. The standard InChI is InChI=1S/C15H18Cl2O/c1-15(2)8-11(6-12(18)9-15)5-10-3-4-13(16)14(17)7-10/h3-4,6-7,12,18H,5,8-9H2,1-2H3. The summed E-state index contributed by atoms with van der Waals surface area (Å²) in [6.07, 6.45) is 4.33. The number of hydrogen-bond donors (Lipinski definition) is 1. The van der Waals surface area contributed by atoms with Crippen molar-refractivity contribution in [2.75, 3.05) is 0 Å². The van der Waals surface area contributed by atoms with E-state index in [0.29, 0.717) is 10.0 Å². The van der Waals surface area contributed by atoms with Gasteiger partial charge in [-0.3, -0.25) is 0 Å². The summed E-state index contributed by atoms with van der Waals surface area (Å²) >= 11 is 11.9. The summed E-state index contributed by atoms with van der Waals surface area (Å²) in [5.41, 5.74) is 2.58. The Morgan fingerprint density at radius 1 is 1.28 bits per heavy atom. The molecule has 0 spiro atoms. The molecule has 3 heteroatoms. The Morgan fingerprint density at radius 3 is 2.61 bits per heavy atom. The zero-order chi connectivity index (χ0) is 13.3. The maximum Gasteiger partial charge on any atom is 0.0728 e. The maximum absolute atomic E-state index is 9.87. The fourth-order valence-electron chi connectivity index (χ4n) is 2.68. The van der Waals surface area contributed by atoms with Crippen LogP contribution in [0.4, 0.5) is 0 Å². The van der Waals surface area contributed by atoms with Crippen molar-refractivity contribution in [3.8, 4) is 0 Å². The van der Waals surface area contributed by atoms with Crippen LogP contribution in [0.5, 0.6) is 0 Å². The molecule has 0 amide bonds. The van der Waals surface area contributed by atoms with Crippen molar-refractivity contribution in [3.63, 3.8) is 0 Å². The first kappa shape index (κ1) is 13.9. The highest BCUT2D eigenvalue weighted by Crippen LogP contribution is 2.37. The predicted octanol–water partition coefficient (Wildman–Crippen LogP) is 4.64. The first-order valence-corrected chi connectivity index (χ1v) is 6.93. The van der Waals surface area contributed by atoms with Gasteiger partial charge in [0.25, 0.3) is 0 Å². The van der Waals surface area contributed by atoms with E-state index in [9.17, 15) is 5.11 Å². The summed E-state index contributed by atoms with van der Waals surface area (Å²) in [5, 5.41) is 11.0. The predicted molar refractivity (Wildman–Crippen MR) is 77.3 cm³/mol. The van der Waals surface area contributed by atoms with E-state index in [1.165, 1.54) is 5.57 Å². The summed E-state index contributed by atoms with van der Waals surface area (Å²) < 4.78 is 0. The second kappa shape index (κ2) is 5.24. The average molecular weight is 285 g/mol. The van der Waals surface area contributed by atoms with Crippen LogP contribution in [0.3, 0.4) is 0 Å². The molecule has 1 atom stereocenters. The molecule has 1 nitrogen and oxygen atoms in total. The molecule has 0 saturated heterocycles. The van der Waals surface area contributed by atoms with Gasteiger partial charge in [0.1, 0.15) is 0 Å². The molecule has 1 aliphatic rings. The quantitative estimate of drug-likeness (QED) is 0.785. The Hall–Kier alpha value is -0.500. The van der Waals surface area contributed by atoms with E-state index in [2.05, 4.69) is 13.8 Å². The van der Waals surface area contributed by atoms with E-state index < -0.39 is 0 Å². The third kappa shape index (κ3) is 3.50. The highest BCUT2D eigenvalue weighted by atomic mass is 35.5. The minimum Gasteiger partial charge on any atom is -0.389 e. The molecule has 0 aromatic heterocycles. The summed E-state index contributed by atoms with van der Waals surface area (Å²) in [6, 6.07) is 5.71. The van der Waals surface area contributed by atoms with Crippen LogP contribution in [0.1, 0.15) is 32.3 Å². The molecule has 18 heavy (non-hydrogen) atoms.